The molecular weight excluding hydrogens is 294 g/mol. The number of benzene rings is 1. The maximum absolute atomic E-state index is 5.63. The van der Waals surface area contributed by atoms with Gasteiger partial charge in [-0.05, 0) is 40.8 Å². The molecule has 0 aliphatic carbocycles. The first-order valence-electron chi connectivity index (χ1n) is 6.86. The number of aromatic nitrogens is 2. The zero-order chi connectivity index (χ0) is 14.9. The molecule has 0 unspecified atom stereocenters. The normalized spacial score (nSPS) is 12.4. The zero-order valence-electron chi connectivity index (χ0n) is 11.7. The lowest BCUT2D eigenvalue weighted by Crippen LogP contribution is -2.00. The second-order valence-electron chi connectivity index (χ2n) is 4.96. The maximum Gasteiger partial charge on any atom is 0.221 e. The van der Waals surface area contributed by atoms with Gasteiger partial charge >= 0.3 is 0 Å². The molecule has 2 aromatic heterocycles. The standard InChI is InChI=1S/C16H13N5S/c17-16-19-4-3-15(21-16)20-11-6-10-8-18-9-13(10)12(7-11)14-2-1-5-22-14/h1-8H,9H2,(H3,17,19,20,21). The molecule has 0 atom stereocenters. The first-order valence-corrected chi connectivity index (χ1v) is 7.74. The molecule has 3 aromatic rings. The van der Waals surface area contributed by atoms with Gasteiger partial charge in [0.05, 0.1) is 6.54 Å². The summed E-state index contributed by atoms with van der Waals surface area (Å²) in [6.45, 7) is 0.739. The zero-order valence-corrected chi connectivity index (χ0v) is 12.5. The number of rotatable bonds is 3. The van der Waals surface area contributed by atoms with Gasteiger partial charge in [-0.3, -0.25) is 4.99 Å². The van der Waals surface area contributed by atoms with Crippen molar-refractivity contribution in [2.75, 3.05) is 11.1 Å². The number of nitrogens with one attached hydrogen (secondary N) is 1. The van der Waals surface area contributed by atoms with Gasteiger partial charge in [0.2, 0.25) is 5.95 Å². The third-order valence-electron chi connectivity index (χ3n) is 3.50. The summed E-state index contributed by atoms with van der Waals surface area (Å²) in [7, 11) is 0. The van der Waals surface area contributed by atoms with E-state index in [1.807, 2.05) is 6.21 Å². The number of nitrogen functional groups attached to an aromatic ring is 1. The average molecular weight is 307 g/mol. The largest absolute Gasteiger partial charge is 0.368 e. The Hall–Kier alpha value is -2.73. The molecule has 3 N–H and O–H groups in total. The minimum Gasteiger partial charge on any atom is -0.368 e. The quantitative estimate of drug-likeness (QED) is 0.777. The molecule has 108 valence electrons. The van der Waals surface area contributed by atoms with Gasteiger partial charge in [0.25, 0.3) is 0 Å². The summed E-state index contributed by atoms with van der Waals surface area (Å²) in [5.41, 5.74) is 10.2. The molecule has 6 heteroatoms. The number of aliphatic imine (C=N–C) groups is 1. The van der Waals surface area contributed by atoms with Crippen molar-refractivity contribution in [1.82, 2.24) is 9.97 Å². The van der Waals surface area contributed by atoms with Crippen LogP contribution in [0.5, 0.6) is 0 Å². The predicted molar refractivity (Wildman–Crippen MR) is 90.8 cm³/mol. The lowest BCUT2D eigenvalue weighted by Gasteiger charge is -2.11. The van der Waals surface area contributed by atoms with Crippen LogP contribution in [-0.4, -0.2) is 16.2 Å². The molecule has 0 saturated heterocycles. The van der Waals surface area contributed by atoms with Gasteiger partial charge < -0.3 is 11.1 Å². The summed E-state index contributed by atoms with van der Waals surface area (Å²) >= 11 is 1.73. The van der Waals surface area contributed by atoms with Gasteiger partial charge in [-0.2, -0.15) is 4.98 Å². The summed E-state index contributed by atoms with van der Waals surface area (Å²) in [4.78, 5) is 13.7. The van der Waals surface area contributed by atoms with E-state index in [0.29, 0.717) is 5.82 Å². The minimum absolute atomic E-state index is 0.256. The van der Waals surface area contributed by atoms with Crippen LogP contribution in [0.15, 0.2) is 46.9 Å². The van der Waals surface area contributed by atoms with Crippen molar-refractivity contribution in [3.05, 3.63) is 53.0 Å². The summed E-state index contributed by atoms with van der Waals surface area (Å²) in [5, 5.41) is 5.37. The second kappa shape index (κ2) is 5.23. The molecule has 3 heterocycles. The smallest absolute Gasteiger partial charge is 0.221 e. The number of hydrogen-bond donors (Lipinski definition) is 2. The Morgan fingerprint density at radius 3 is 3.00 bits per heavy atom. The van der Waals surface area contributed by atoms with Crippen LogP contribution in [-0.2, 0) is 6.54 Å². The molecule has 0 spiro atoms. The fourth-order valence-electron chi connectivity index (χ4n) is 2.54. The van der Waals surface area contributed by atoms with E-state index >= 15 is 0 Å². The molecule has 1 aromatic carbocycles. The molecule has 5 nitrogen and oxygen atoms in total. The first kappa shape index (κ1) is 13.0. The lowest BCUT2D eigenvalue weighted by atomic mass is 10.0. The number of anilines is 3. The van der Waals surface area contributed by atoms with Crippen LogP contribution in [0.1, 0.15) is 11.1 Å². The molecule has 0 bridgehead atoms. The average Bonchev–Trinajstić information content (AvgIpc) is 3.18. The molecule has 1 aliphatic heterocycles. The highest BCUT2D eigenvalue weighted by molar-refractivity contribution is 7.13. The van der Waals surface area contributed by atoms with Crippen LogP contribution in [0.4, 0.5) is 17.5 Å². The van der Waals surface area contributed by atoms with Crippen molar-refractivity contribution >= 4 is 35.0 Å². The number of nitrogens with two attached hydrogens (primary N) is 1. The summed E-state index contributed by atoms with van der Waals surface area (Å²) < 4.78 is 0. The minimum atomic E-state index is 0.256. The maximum atomic E-state index is 5.63. The van der Waals surface area contributed by atoms with E-state index in [9.17, 15) is 0 Å². The Morgan fingerprint density at radius 1 is 1.23 bits per heavy atom. The van der Waals surface area contributed by atoms with Crippen LogP contribution in [0, 0.1) is 0 Å². The van der Waals surface area contributed by atoms with Gasteiger partial charge in [-0.1, -0.05) is 6.07 Å². The van der Waals surface area contributed by atoms with Crippen molar-refractivity contribution in [2.45, 2.75) is 6.54 Å². The van der Waals surface area contributed by atoms with E-state index < -0.39 is 0 Å². The molecule has 1 aliphatic rings. The Morgan fingerprint density at radius 2 is 2.18 bits per heavy atom. The highest BCUT2D eigenvalue weighted by Crippen LogP contribution is 2.35. The van der Waals surface area contributed by atoms with Crippen LogP contribution in [0.2, 0.25) is 0 Å². The van der Waals surface area contributed by atoms with Gasteiger partial charge in [-0.25, -0.2) is 4.98 Å². The molecule has 0 amide bonds. The van der Waals surface area contributed by atoms with E-state index in [0.717, 1.165) is 17.8 Å². The second-order valence-corrected chi connectivity index (χ2v) is 5.91. The Kier molecular flexibility index (Phi) is 3.08. The van der Waals surface area contributed by atoms with Crippen molar-refractivity contribution < 1.29 is 0 Å². The highest BCUT2D eigenvalue weighted by Gasteiger charge is 2.15. The summed E-state index contributed by atoms with van der Waals surface area (Å²) in [6.07, 6.45) is 3.56. The summed E-state index contributed by atoms with van der Waals surface area (Å²) in [5.74, 6) is 0.936. The van der Waals surface area contributed by atoms with Crippen LogP contribution in [0.3, 0.4) is 0 Å². The van der Waals surface area contributed by atoms with Gasteiger partial charge in [-0.15, -0.1) is 11.3 Å². The SMILES string of the molecule is Nc1nccc(Nc2cc3c(c(-c4cccs4)c2)CN=C3)n1. The Labute approximate surface area is 131 Å². The van der Waals surface area contributed by atoms with Crippen LogP contribution < -0.4 is 11.1 Å². The molecule has 4 rings (SSSR count). The van der Waals surface area contributed by atoms with E-state index in [4.69, 9.17) is 5.73 Å². The van der Waals surface area contributed by atoms with Gasteiger partial charge in [0.15, 0.2) is 0 Å². The molecular formula is C16H13N5S. The number of nitrogens with zero attached hydrogens (tertiary/aromatic N) is 3. The molecule has 0 saturated carbocycles. The van der Waals surface area contributed by atoms with Crippen LogP contribution >= 0.6 is 11.3 Å². The topological polar surface area (TPSA) is 76.2 Å². The van der Waals surface area contributed by atoms with E-state index in [2.05, 4.69) is 49.9 Å². The number of fused-ring (bicyclic) bond motifs is 1. The Bertz CT molecular complexity index is 855. The van der Waals surface area contributed by atoms with Crippen molar-refractivity contribution in [3.8, 4) is 10.4 Å². The van der Waals surface area contributed by atoms with Crippen molar-refractivity contribution in [1.29, 1.82) is 0 Å². The fourth-order valence-corrected chi connectivity index (χ4v) is 3.31. The van der Waals surface area contributed by atoms with Crippen LogP contribution in [0.25, 0.3) is 10.4 Å². The molecule has 22 heavy (non-hydrogen) atoms. The van der Waals surface area contributed by atoms with E-state index in [-0.39, 0.29) is 5.95 Å². The summed E-state index contributed by atoms with van der Waals surface area (Å²) in [6, 6.07) is 10.2. The molecule has 0 fully saturated rings. The van der Waals surface area contributed by atoms with Crippen molar-refractivity contribution in [3.63, 3.8) is 0 Å². The van der Waals surface area contributed by atoms with Gasteiger partial charge in [0, 0.05) is 28.5 Å². The van der Waals surface area contributed by atoms with E-state index in [1.54, 1.807) is 23.6 Å². The first-order chi connectivity index (χ1) is 10.8. The van der Waals surface area contributed by atoms with Gasteiger partial charge in [0.1, 0.15) is 5.82 Å². The monoisotopic (exact) mass is 307 g/mol. The third kappa shape index (κ3) is 2.33. The molecule has 0 radical (unpaired) electrons. The fraction of sp³-hybridized carbons (Fsp3) is 0.0625. The van der Waals surface area contributed by atoms with E-state index in [1.165, 1.54) is 16.0 Å². The third-order valence-corrected chi connectivity index (χ3v) is 4.40. The Balaban J connectivity index is 1.77. The number of thiophene rings is 1. The van der Waals surface area contributed by atoms with Crippen molar-refractivity contribution in [2.24, 2.45) is 4.99 Å². The predicted octanol–water partition coefficient (Wildman–Crippen LogP) is 3.46. The number of hydrogen-bond acceptors (Lipinski definition) is 6. The highest BCUT2D eigenvalue weighted by atomic mass is 32.1. The lowest BCUT2D eigenvalue weighted by molar-refractivity contribution is 1.11.